The van der Waals surface area contributed by atoms with Crippen molar-refractivity contribution in [1.82, 2.24) is 25.0 Å². The number of aliphatic hydroxyl groups is 2. The van der Waals surface area contributed by atoms with E-state index in [2.05, 4.69) is 36.9 Å². The monoisotopic (exact) mass is 604 g/mol. The highest BCUT2D eigenvalue weighted by Gasteiger charge is 2.47. The quantitative estimate of drug-likeness (QED) is 0.202. The molecule has 0 spiro atoms. The van der Waals surface area contributed by atoms with Crippen molar-refractivity contribution in [2.45, 2.75) is 43.4 Å². The summed E-state index contributed by atoms with van der Waals surface area (Å²) in [5.74, 6) is -0.736. The van der Waals surface area contributed by atoms with Gasteiger partial charge in [0.1, 0.15) is 18.3 Å². The number of benzene rings is 1. The van der Waals surface area contributed by atoms with Crippen LogP contribution in [-0.2, 0) is 29.3 Å². The summed E-state index contributed by atoms with van der Waals surface area (Å²) in [5, 5.41) is 29.5. The second-order valence-corrected chi connectivity index (χ2v) is 14.0. The van der Waals surface area contributed by atoms with Crippen LogP contribution in [0.3, 0.4) is 0 Å². The molecule has 212 valence electrons. The number of aromatic nitrogens is 5. The molecule has 6 atom stereocenters. The molecule has 0 saturated carbocycles. The van der Waals surface area contributed by atoms with E-state index in [-0.39, 0.29) is 17.0 Å². The van der Waals surface area contributed by atoms with Crippen LogP contribution >= 0.6 is 26.8 Å². The minimum absolute atomic E-state index is 0.0156. The van der Waals surface area contributed by atoms with Gasteiger partial charge in [-0.05, 0) is 35.6 Å². The van der Waals surface area contributed by atoms with E-state index in [4.69, 9.17) is 30.6 Å². The van der Waals surface area contributed by atoms with Crippen LogP contribution in [0.4, 0.5) is 5.82 Å². The van der Waals surface area contributed by atoms with Gasteiger partial charge in [-0.3, -0.25) is 9.13 Å². The fourth-order valence-corrected chi connectivity index (χ4v) is 8.16. The number of anilines is 1. The molecule has 2 aromatic heterocycles. The van der Waals surface area contributed by atoms with Crippen LogP contribution in [0.2, 0.25) is 5.28 Å². The number of nitrogens with zero attached hydrogens (tertiary/aromatic N) is 6. The first-order valence-electron chi connectivity index (χ1n) is 11.9. The third kappa shape index (κ3) is 5.62. The molecular weight excluding hydrogens is 578 g/mol. The maximum atomic E-state index is 12.6. The molecule has 1 saturated heterocycles. The van der Waals surface area contributed by atoms with Gasteiger partial charge in [-0.1, -0.05) is 29.5 Å². The number of hydrogen-bond acceptors (Lipinski definition) is 12. The molecule has 0 radical (unpaired) electrons. The molecule has 2 aliphatic rings. The van der Waals surface area contributed by atoms with Crippen molar-refractivity contribution in [3.8, 4) is 0 Å². The predicted octanol–water partition coefficient (Wildman–Crippen LogP) is 1.61. The van der Waals surface area contributed by atoms with Crippen molar-refractivity contribution in [3.05, 3.63) is 40.7 Å². The van der Waals surface area contributed by atoms with Gasteiger partial charge in [0.25, 0.3) is 0 Å². The molecular formula is C21H27ClN6O9P2. The Bertz CT molecular complexity index is 1470. The van der Waals surface area contributed by atoms with E-state index < -0.39 is 52.2 Å². The molecule has 15 nitrogen and oxygen atoms in total. The highest BCUT2D eigenvalue weighted by Crippen LogP contribution is 2.58. The molecule has 1 aliphatic heterocycles. The number of aryl methyl sites for hydroxylation is 1. The van der Waals surface area contributed by atoms with Crippen LogP contribution in [0.15, 0.2) is 24.3 Å². The number of fused-ring (bicyclic) bond motifs is 2. The van der Waals surface area contributed by atoms with E-state index in [1.165, 1.54) is 11.1 Å². The van der Waals surface area contributed by atoms with Crippen molar-refractivity contribution < 1.29 is 42.9 Å². The Morgan fingerprint density at radius 1 is 1.21 bits per heavy atom. The highest BCUT2D eigenvalue weighted by atomic mass is 35.5. The Morgan fingerprint density at radius 3 is 2.67 bits per heavy atom. The molecule has 0 amide bonds. The summed E-state index contributed by atoms with van der Waals surface area (Å²) < 4.78 is 40.5. The van der Waals surface area contributed by atoms with Crippen molar-refractivity contribution in [1.29, 1.82) is 0 Å². The number of aliphatic hydroxyl groups excluding tert-OH is 2. The zero-order valence-electron chi connectivity index (χ0n) is 20.8. The number of rotatable bonds is 9. The molecule has 1 aromatic carbocycles. The molecule has 3 heterocycles. The number of halogens is 1. The molecule has 5 rings (SSSR count). The molecule has 39 heavy (non-hydrogen) atoms. The smallest absolute Gasteiger partial charge is 0.342 e. The van der Waals surface area contributed by atoms with Crippen molar-refractivity contribution in [2.24, 2.45) is 0 Å². The second-order valence-electron chi connectivity index (χ2n) is 9.33. The van der Waals surface area contributed by atoms with E-state index in [0.29, 0.717) is 11.3 Å². The standard InChI is InChI=1S/C21H27ClN6O9P2/c1-27(13-8-7-11-5-3-4-6-12(11)13)18-15-19(24-21(22)23-18)28(26-25-15)20-17(30)16(29)14(37-20)9-36-39(34,35-2)10-38(31,32)33/h3-6,13-14,16-17,20,29-30H,7-10H2,1-2H3,(H2,31,32,33)/t13-,14+,16+,17+,20+,39?/m0/s1. The van der Waals surface area contributed by atoms with Gasteiger partial charge >= 0.3 is 15.2 Å². The van der Waals surface area contributed by atoms with Crippen LogP contribution in [0.1, 0.15) is 29.8 Å². The van der Waals surface area contributed by atoms with Gasteiger partial charge in [0.05, 0.1) is 12.6 Å². The fraction of sp³-hybridized carbons (Fsp3) is 0.524. The lowest BCUT2D eigenvalue weighted by molar-refractivity contribution is -0.0552. The SMILES string of the molecule is COP(=O)(CP(=O)(O)O)OC[C@H]1O[C@@H](n2nnc3c(N(C)[C@H]4CCc5ccccc54)nc(Cl)nc32)[C@H](O)[C@@H]1O. The Hall–Kier alpha value is -2.03. The molecule has 1 aliphatic carbocycles. The largest absolute Gasteiger partial charge is 0.387 e. The Morgan fingerprint density at radius 2 is 1.95 bits per heavy atom. The highest BCUT2D eigenvalue weighted by molar-refractivity contribution is 7.70. The summed E-state index contributed by atoms with van der Waals surface area (Å²) in [4.78, 5) is 28.9. The third-order valence-electron chi connectivity index (χ3n) is 6.83. The first-order valence-corrected chi connectivity index (χ1v) is 15.8. The predicted molar refractivity (Wildman–Crippen MR) is 137 cm³/mol. The number of hydrogen-bond donors (Lipinski definition) is 4. The molecule has 4 N–H and O–H groups in total. The number of ether oxygens (including phenoxy) is 1. The summed E-state index contributed by atoms with van der Waals surface area (Å²) in [5.41, 5.74) is 2.85. The van der Waals surface area contributed by atoms with Gasteiger partial charge in [-0.25, -0.2) is 0 Å². The second kappa shape index (κ2) is 10.7. The normalized spacial score (nSPS) is 26.6. The lowest BCUT2D eigenvalue weighted by Gasteiger charge is -2.26. The summed E-state index contributed by atoms with van der Waals surface area (Å²) >= 11 is 6.27. The molecule has 1 fully saturated rings. The van der Waals surface area contributed by atoms with Crippen LogP contribution in [-0.4, -0.2) is 89.9 Å². The van der Waals surface area contributed by atoms with Crippen molar-refractivity contribution >= 4 is 43.8 Å². The topological polar surface area (TPSA) is 202 Å². The summed E-state index contributed by atoms with van der Waals surface area (Å²) in [6.07, 6.45) is -3.85. The van der Waals surface area contributed by atoms with Gasteiger partial charge in [0.2, 0.25) is 5.28 Å². The van der Waals surface area contributed by atoms with Gasteiger partial charge in [0.15, 0.2) is 29.1 Å². The average molecular weight is 605 g/mol. The van der Waals surface area contributed by atoms with E-state index in [1.54, 1.807) is 0 Å². The van der Waals surface area contributed by atoms with E-state index >= 15 is 0 Å². The maximum Gasteiger partial charge on any atom is 0.342 e. The van der Waals surface area contributed by atoms with Crippen molar-refractivity contribution in [3.63, 3.8) is 0 Å². The van der Waals surface area contributed by atoms with Gasteiger partial charge in [-0.15, -0.1) is 5.10 Å². The Kier molecular flexibility index (Phi) is 7.85. The summed E-state index contributed by atoms with van der Waals surface area (Å²) in [7, 11) is -6.10. The van der Waals surface area contributed by atoms with E-state index in [1.807, 2.05) is 24.1 Å². The van der Waals surface area contributed by atoms with Gasteiger partial charge in [0, 0.05) is 14.2 Å². The van der Waals surface area contributed by atoms with E-state index in [9.17, 15) is 19.3 Å². The zero-order valence-corrected chi connectivity index (χ0v) is 23.4. The minimum atomic E-state index is -4.73. The first-order chi connectivity index (χ1) is 18.4. The summed E-state index contributed by atoms with van der Waals surface area (Å²) in [6, 6.07) is 8.14. The Balaban J connectivity index is 1.40. The summed E-state index contributed by atoms with van der Waals surface area (Å²) in [6.45, 7) is -0.600. The molecule has 1 unspecified atom stereocenters. The molecule has 0 bridgehead atoms. The average Bonchev–Trinajstić information content (AvgIpc) is 3.57. The van der Waals surface area contributed by atoms with Crippen LogP contribution in [0, 0.1) is 0 Å². The lowest BCUT2D eigenvalue weighted by Crippen LogP contribution is -2.34. The minimum Gasteiger partial charge on any atom is -0.387 e. The molecule has 18 heteroatoms. The van der Waals surface area contributed by atoms with Crippen molar-refractivity contribution in [2.75, 3.05) is 31.6 Å². The molecule has 3 aromatic rings. The fourth-order valence-electron chi connectivity index (χ4n) is 4.92. The maximum absolute atomic E-state index is 12.6. The third-order valence-corrected chi connectivity index (χ3v) is 11.0. The van der Waals surface area contributed by atoms with Crippen LogP contribution < -0.4 is 4.90 Å². The first kappa shape index (κ1) is 28.5. The Labute approximate surface area is 227 Å². The van der Waals surface area contributed by atoms with Gasteiger partial charge < -0.3 is 38.7 Å². The zero-order chi connectivity index (χ0) is 28.1. The van der Waals surface area contributed by atoms with E-state index in [0.717, 1.165) is 24.6 Å². The van der Waals surface area contributed by atoms with Crippen LogP contribution in [0.25, 0.3) is 11.2 Å². The van der Waals surface area contributed by atoms with Gasteiger partial charge in [-0.2, -0.15) is 14.6 Å². The lowest BCUT2D eigenvalue weighted by atomic mass is 10.1. The van der Waals surface area contributed by atoms with Crippen LogP contribution in [0.5, 0.6) is 0 Å².